The molecule has 4 aromatic rings. The number of rotatable bonds is 2. The van der Waals surface area contributed by atoms with Crippen molar-refractivity contribution in [3.8, 4) is 16.9 Å². The van der Waals surface area contributed by atoms with Crippen LogP contribution in [0.15, 0.2) is 76.1 Å². The number of ether oxygens (including phenoxy) is 1. The van der Waals surface area contributed by atoms with Gasteiger partial charge in [-0.25, -0.2) is 0 Å². The molecule has 0 saturated heterocycles. The second-order valence-electron chi connectivity index (χ2n) is 5.37. The lowest BCUT2D eigenvalue weighted by atomic mass is 10.0. The zero-order valence-corrected chi connectivity index (χ0v) is 12.6. The largest absolute Gasteiger partial charge is 0.497 e. The van der Waals surface area contributed by atoms with Crippen LogP contribution in [0.1, 0.15) is 0 Å². The molecule has 112 valence electrons. The predicted molar refractivity (Wildman–Crippen MR) is 92.0 cm³/mol. The van der Waals surface area contributed by atoms with Gasteiger partial charge in [-0.2, -0.15) is 0 Å². The third kappa shape index (κ3) is 2.18. The second-order valence-corrected chi connectivity index (χ2v) is 5.37. The summed E-state index contributed by atoms with van der Waals surface area (Å²) in [6, 6.07) is 19.1. The Balaban J connectivity index is 2.07. The minimum atomic E-state index is -0.0312. The van der Waals surface area contributed by atoms with E-state index in [4.69, 9.17) is 9.15 Å². The summed E-state index contributed by atoms with van der Waals surface area (Å²) < 4.78 is 11.0. The summed E-state index contributed by atoms with van der Waals surface area (Å²) in [5.41, 5.74) is 1.89. The number of hydrogen-bond acceptors (Lipinski definition) is 3. The molecule has 0 saturated carbocycles. The maximum atomic E-state index is 13.0. The molecule has 23 heavy (non-hydrogen) atoms. The van der Waals surface area contributed by atoms with Crippen molar-refractivity contribution in [3.63, 3.8) is 0 Å². The number of methoxy groups -OCH3 is 1. The van der Waals surface area contributed by atoms with E-state index in [-0.39, 0.29) is 5.43 Å². The first-order chi connectivity index (χ1) is 11.3. The van der Waals surface area contributed by atoms with Crippen molar-refractivity contribution in [3.05, 3.63) is 77.2 Å². The fraction of sp³-hybridized carbons (Fsp3) is 0.0500. The van der Waals surface area contributed by atoms with Gasteiger partial charge >= 0.3 is 0 Å². The van der Waals surface area contributed by atoms with Crippen molar-refractivity contribution in [1.82, 2.24) is 0 Å². The summed E-state index contributed by atoms with van der Waals surface area (Å²) in [7, 11) is 1.61. The average molecular weight is 302 g/mol. The summed E-state index contributed by atoms with van der Waals surface area (Å²) in [6.07, 6.45) is 1.52. The summed E-state index contributed by atoms with van der Waals surface area (Å²) in [5, 5.41) is 2.54. The van der Waals surface area contributed by atoms with Gasteiger partial charge in [0.15, 0.2) is 0 Å². The van der Waals surface area contributed by atoms with E-state index in [9.17, 15) is 4.79 Å². The molecule has 1 heterocycles. The molecule has 3 aromatic carbocycles. The van der Waals surface area contributed by atoms with Crippen LogP contribution in [0.4, 0.5) is 0 Å². The lowest BCUT2D eigenvalue weighted by Crippen LogP contribution is -2.05. The molecule has 1 aromatic heterocycles. The Morgan fingerprint density at radius 2 is 1.83 bits per heavy atom. The minimum Gasteiger partial charge on any atom is -0.497 e. The number of hydrogen-bond donors (Lipinski definition) is 0. The molecule has 0 aliphatic carbocycles. The van der Waals surface area contributed by atoms with Gasteiger partial charge < -0.3 is 9.15 Å². The van der Waals surface area contributed by atoms with E-state index < -0.39 is 0 Å². The van der Waals surface area contributed by atoms with E-state index in [0.29, 0.717) is 22.3 Å². The van der Waals surface area contributed by atoms with Crippen LogP contribution in [0.2, 0.25) is 0 Å². The average Bonchev–Trinajstić information content (AvgIpc) is 2.61. The second kappa shape index (κ2) is 5.29. The molecule has 0 fully saturated rings. The normalized spacial score (nSPS) is 11.0. The van der Waals surface area contributed by atoms with Crippen molar-refractivity contribution >= 4 is 21.7 Å². The minimum absolute atomic E-state index is 0.0312. The van der Waals surface area contributed by atoms with Crippen molar-refractivity contribution in [1.29, 1.82) is 0 Å². The van der Waals surface area contributed by atoms with Crippen LogP contribution in [0.5, 0.6) is 5.75 Å². The Morgan fingerprint density at radius 3 is 2.70 bits per heavy atom. The Bertz CT molecular complexity index is 1080. The highest BCUT2D eigenvalue weighted by molar-refractivity contribution is 6.06. The van der Waals surface area contributed by atoms with Crippen molar-refractivity contribution < 1.29 is 9.15 Å². The standard InChI is InChI=1S/C20H14O3/c1-22-15-7-4-6-14(11-15)17-12-23-18-10-9-13-5-2-3-8-16(13)19(18)20(17)21/h2-12H,1H3. The lowest BCUT2D eigenvalue weighted by molar-refractivity contribution is 0.415. The van der Waals surface area contributed by atoms with Gasteiger partial charge in [0.1, 0.15) is 17.6 Å². The molecule has 0 aliphatic heterocycles. The summed E-state index contributed by atoms with van der Waals surface area (Å²) in [4.78, 5) is 13.0. The van der Waals surface area contributed by atoms with Gasteiger partial charge in [-0.15, -0.1) is 0 Å². The van der Waals surface area contributed by atoms with Gasteiger partial charge in [0.25, 0.3) is 0 Å². The Labute approximate surface area is 132 Å². The molecule has 0 amide bonds. The van der Waals surface area contributed by atoms with E-state index in [1.165, 1.54) is 6.26 Å². The first-order valence-corrected chi connectivity index (χ1v) is 7.35. The lowest BCUT2D eigenvalue weighted by Gasteiger charge is -2.07. The maximum Gasteiger partial charge on any atom is 0.201 e. The van der Waals surface area contributed by atoms with E-state index in [1.54, 1.807) is 7.11 Å². The summed E-state index contributed by atoms with van der Waals surface area (Å²) in [6.45, 7) is 0. The highest BCUT2D eigenvalue weighted by atomic mass is 16.5. The Morgan fingerprint density at radius 1 is 0.957 bits per heavy atom. The van der Waals surface area contributed by atoms with E-state index in [1.807, 2.05) is 60.7 Å². The molecule has 0 bridgehead atoms. The van der Waals surface area contributed by atoms with Gasteiger partial charge in [0, 0.05) is 0 Å². The van der Waals surface area contributed by atoms with E-state index in [0.717, 1.165) is 16.3 Å². The van der Waals surface area contributed by atoms with Crippen molar-refractivity contribution in [2.24, 2.45) is 0 Å². The predicted octanol–water partition coefficient (Wildman–Crippen LogP) is 4.62. The van der Waals surface area contributed by atoms with Crippen LogP contribution in [-0.2, 0) is 0 Å². The van der Waals surface area contributed by atoms with Gasteiger partial charge in [-0.05, 0) is 34.5 Å². The Kier molecular flexibility index (Phi) is 3.12. The molecule has 0 radical (unpaired) electrons. The van der Waals surface area contributed by atoms with Gasteiger partial charge in [-0.3, -0.25) is 4.79 Å². The monoisotopic (exact) mass is 302 g/mol. The van der Waals surface area contributed by atoms with Gasteiger partial charge in [0.2, 0.25) is 5.43 Å². The van der Waals surface area contributed by atoms with Crippen LogP contribution in [0.25, 0.3) is 32.9 Å². The summed E-state index contributed by atoms with van der Waals surface area (Å²) >= 11 is 0. The molecule has 0 aliphatic rings. The zero-order chi connectivity index (χ0) is 15.8. The molecule has 4 rings (SSSR count). The first-order valence-electron chi connectivity index (χ1n) is 7.35. The number of benzene rings is 3. The fourth-order valence-electron chi connectivity index (χ4n) is 2.88. The molecule has 0 atom stereocenters. The molecular formula is C20H14O3. The highest BCUT2D eigenvalue weighted by Crippen LogP contribution is 2.27. The third-order valence-electron chi connectivity index (χ3n) is 4.05. The van der Waals surface area contributed by atoms with Crippen LogP contribution in [0.3, 0.4) is 0 Å². The molecule has 3 heteroatoms. The SMILES string of the molecule is COc1cccc(-c2coc3ccc4ccccc4c3c2=O)c1. The molecule has 0 spiro atoms. The van der Waals surface area contributed by atoms with E-state index >= 15 is 0 Å². The topological polar surface area (TPSA) is 39.4 Å². The van der Waals surface area contributed by atoms with Crippen LogP contribution in [-0.4, -0.2) is 7.11 Å². The van der Waals surface area contributed by atoms with Crippen molar-refractivity contribution in [2.45, 2.75) is 0 Å². The van der Waals surface area contributed by atoms with Crippen LogP contribution in [0, 0.1) is 0 Å². The van der Waals surface area contributed by atoms with Gasteiger partial charge in [0.05, 0.1) is 18.1 Å². The van der Waals surface area contributed by atoms with Crippen LogP contribution < -0.4 is 10.2 Å². The quantitative estimate of drug-likeness (QED) is 0.507. The smallest absolute Gasteiger partial charge is 0.201 e. The number of fused-ring (bicyclic) bond motifs is 3. The zero-order valence-electron chi connectivity index (χ0n) is 12.6. The third-order valence-corrected chi connectivity index (χ3v) is 4.05. The van der Waals surface area contributed by atoms with Crippen molar-refractivity contribution in [2.75, 3.05) is 7.11 Å². The maximum absolute atomic E-state index is 13.0. The summed E-state index contributed by atoms with van der Waals surface area (Å²) in [5.74, 6) is 0.708. The fourth-order valence-corrected chi connectivity index (χ4v) is 2.88. The molecule has 3 nitrogen and oxygen atoms in total. The molecule has 0 unspecified atom stereocenters. The highest BCUT2D eigenvalue weighted by Gasteiger charge is 2.12. The first kappa shape index (κ1) is 13.6. The van der Waals surface area contributed by atoms with Gasteiger partial charge in [-0.1, -0.05) is 42.5 Å². The molecule has 0 N–H and O–H groups in total. The van der Waals surface area contributed by atoms with E-state index in [2.05, 4.69) is 0 Å². The molecular weight excluding hydrogens is 288 g/mol. The van der Waals surface area contributed by atoms with Crippen LogP contribution >= 0.6 is 0 Å². The Hall–Kier alpha value is -3.07.